The molecule has 0 radical (unpaired) electrons. The van der Waals surface area contributed by atoms with Crippen LogP contribution < -0.4 is 0 Å². The Morgan fingerprint density at radius 3 is 2.21 bits per heavy atom. The number of hydrogen-bond acceptors (Lipinski definition) is 1. The van der Waals surface area contributed by atoms with E-state index in [0.29, 0.717) is 5.92 Å². The van der Waals surface area contributed by atoms with Crippen LogP contribution in [0.4, 0.5) is 0 Å². The zero-order chi connectivity index (χ0) is 10.8. The summed E-state index contributed by atoms with van der Waals surface area (Å²) >= 11 is 0. The molecular weight excluding hydrogens is 172 g/mol. The first-order valence-corrected chi connectivity index (χ1v) is 5.80. The normalized spacial score (nSPS) is 22.0. The summed E-state index contributed by atoms with van der Waals surface area (Å²) in [6, 6.07) is 0. The Kier molecular flexibility index (Phi) is 3.77. The van der Waals surface area contributed by atoms with Crippen molar-refractivity contribution in [2.75, 3.05) is 0 Å². The molecule has 0 unspecified atom stereocenters. The van der Waals surface area contributed by atoms with Gasteiger partial charge in [0, 0.05) is 5.41 Å². The highest BCUT2D eigenvalue weighted by atomic mass is 16.3. The van der Waals surface area contributed by atoms with Gasteiger partial charge in [-0.2, -0.15) is 0 Å². The van der Waals surface area contributed by atoms with Crippen molar-refractivity contribution in [1.29, 1.82) is 0 Å². The molecule has 1 nitrogen and oxygen atoms in total. The maximum Gasteiger partial charge on any atom is 0.0656 e. The van der Waals surface area contributed by atoms with Crippen molar-refractivity contribution in [3.63, 3.8) is 0 Å². The minimum Gasteiger partial charge on any atom is -0.392 e. The first-order chi connectivity index (χ1) is 6.46. The molecule has 0 aromatic carbocycles. The first-order valence-electron chi connectivity index (χ1n) is 5.80. The molecule has 0 spiro atoms. The Labute approximate surface area is 88.2 Å². The lowest BCUT2D eigenvalue weighted by molar-refractivity contribution is 0.00720. The molecule has 1 aliphatic carbocycles. The molecule has 1 aliphatic rings. The van der Waals surface area contributed by atoms with Crippen LogP contribution in [0.2, 0.25) is 0 Å². The summed E-state index contributed by atoms with van der Waals surface area (Å²) in [6.07, 6.45) is 6.09. The monoisotopic (exact) mass is 196 g/mol. The van der Waals surface area contributed by atoms with Crippen LogP contribution in [0.25, 0.3) is 0 Å². The molecule has 1 N–H and O–H groups in total. The Balaban J connectivity index is 2.62. The Morgan fingerprint density at radius 1 is 1.29 bits per heavy atom. The van der Waals surface area contributed by atoms with Gasteiger partial charge < -0.3 is 5.11 Å². The topological polar surface area (TPSA) is 20.2 Å². The molecular formula is C13H24O. The summed E-state index contributed by atoms with van der Waals surface area (Å²) in [5.74, 6) is 0.496. The zero-order valence-electron chi connectivity index (χ0n) is 9.84. The fourth-order valence-electron chi connectivity index (χ4n) is 2.29. The van der Waals surface area contributed by atoms with Gasteiger partial charge in [-0.25, -0.2) is 0 Å². The van der Waals surface area contributed by atoms with Gasteiger partial charge in [0.15, 0.2) is 0 Å². The second-order valence-corrected chi connectivity index (χ2v) is 5.34. The van der Waals surface area contributed by atoms with E-state index in [2.05, 4.69) is 20.4 Å². The van der Waals surface area contributed by atoms with Crippen molar-refractivity contribution < 1.29 is 5.11 Å². The van der Waals surface area contributed by atoms with E-state index in [4.69, 9.17) is 0 Å². The lowest BCUT2D eigenvalue weighted by Crippen LogP contribution is -2.37. The van der Waals surface area contributed by atoms with Gasteiger partial charge in [-0.05, 0) is 25.7 Å². The third kappa shape index (κ3) is 2.38. The van der Waals surface area contributed by atoms with Crippen LogP contribution >= 0.6 is 0 Å². The predicted molar refractivity (Wildman–Crippen MR) is 61.2 cm³/mol. The molecule has 14 heavy (non-hydrogen) atoms. The van der Waals surface area contributed by atoms with E-state index in [1.54, 1.807) is 0 Å². The third-order valence-electron chi connectivity index (χ3n) is 3.94. The molecule has 1 rings (SSSR count). The molecule has 0 aliphatic heterocycles. The van der Waals surface area contributed by atoms with Crippen molar-refractivity contribution in [3.8, 4) is 0 Å². The van der Waals surface area contributed by atoms with Crippen LogP contribution in [0.5, 0.6) is 0 Å². The van der Waals surface area contributed by atoms with Gasteiger partial charge in [0.25, 0.3) is 0 Å². The van der Waals surface area contributed by atoms with E-state index in [9.17, 15) is 5.11 Å². The van der Waals surface area contributed by atoms with Crippen molar-refractivity contribution in [2.45, 2.75) is 59.0 Å². The summed E-state index contributed by atoms with van der Waals surface area (Å²) in [5.41, 5.74) is 0.970. The minimum atomic E-state index is -0.208. The summed E-state index contributed by atoms with van der Waals surface area (Å²) in [6.45, 7) is 10.2. The summed E-state index contributed by atoms with van der Waals surface area (Å²) < 4.78 is 0. The largest absolute Gasteiger partial charge is 0.392 e. The van der Waals surface area contributed by atoms with Gasteiger partial charge in [0.1, 0.15) is 0 Å². The second-order valence-electron chi connectivity index (χ2n) is 5.34. The van der Waals surface area contributed by atoms with E-state index in [1.807, 2.05) is 6.92 Å². The van der Waals surface area contributed by atoms with E-state index in [0.717, 1.165) is 5.57 Å². The van der Waals surface area contributed by atoms with E-state index < -0.39 is 0 Å². The van der Waals surface area contributed by atoms with Gasteiger partial charge >= 0.3 is 0 Å². The maximum atomic E-state index is 10.3. The fourth-order valence-corrected chi connectivity index (χ4v) is 2.29. The van der Waals surface area contributed by atoms with Gasteiger partial charge in [0.05, 0.1) is 6.10 Å². The molecule has 1 heteroatoms. The molecule has 1 fully saturated rings. The van der Waals surface area contributed by atoms with Crippen LogP contribution in [0.15, 0.2) is 12.2 Å². The molecule has 0 heterocycles. The first kappa shape index (κ1) is 11.8. The highest BCUT2D eigenvalue weighted by Crippen LogP contribution is 2.38. The van der Waals surface area contributed by atoms with E-state index >= 15 is 0 Å². The smallest absolute Gasteiger partial charge is 0.0656 e. The molecule has 0 saturated heterocycles. The zero-order valence-corrected chi connectivity index (χ0v) is 9.84. The third-order valence-corrected chi connectivity index (χ3v) is 3.94. The Morgan fingerprint density at radius 2 is 1.79 bits per heavy atom. The highest BCUT2D eigenvalue weighted by molar-refractivity contribution is 5.07. The number of hydrogen-bond donors (Lipinski definition) is 1. The summed E-state index contributed by atoms with van der Waals surface area (Å²) in [4.78, 5) is 0. The molecule has 0 aromatic rings. The summed E-state index contributed by atoms with van der Waals surface area (Å²) in [7, 11) is 0. The fraction of sp³-hybridized carbons (Fsp3) is 0.846. The quantitative estimate of drug-likeness (QED) is 0.685. The molecule has 1 saturated carbocycles. The SMILES string of the molecule is C=C(C)C(C)(C)[C@@H](O)C1CCCCC1. The van der Waals surface area contributed by atoms with Crippen LogP contribution in [-0.4, -0.2) is 11.2 Å². The molecule has 1 atom stereocenters. The second kappa shape index (κ2) is 4.48. The maximum absolute atomic E-state index is 10.3. The molecule has 0 aromatic heterocycles. The average molecular weight is 196 g/mol. The minimum absolute atomic E-state index is 0.123. The average Bonchev–Trinajstić information content (AvgIpc) is 2.17. The summed E-state index contributed by atoms with van der Waals surface area (Å²) in [5, 5.41) is 10.3. The van der Waals surface area contributed by atoms with Crippen molar-refractivity contribution in [1.82, 2.24) is 0 Å². The number of aliphatic hydroxyl groups excluding tert-OH is 1. The standard InChI is InChI=1S/C13H24O/c1-10(2)13(3,4)12(14)11-8-6-5-7-9-11/h11-12,14H,1,5-9H2,2-4H3/t12-/m0/s1. The van der Waals surface area contributed by atoms with Crippen LogP contribution in [-0.2, 0) is 0 Å². The Bertz CT molecular complexity index is 199. The molecule has 0 bridgehead atoms. The molecule has 82 valence electrons. The lowest BCUT2D eigenvalue weighted by atomic mass is 9.71. The van der Waals surface area contributed by atoms with Crippen LogP contribution in [0.3, 0.4) is 0 Å². The van der Waals surface area contributed by atoms with Crippen molar-refractivity contribution in [2.24, 2.45) is 11.3 Å². The van der Waals surface area contributed by atoms with E-state index in [-0.39, 0.29) is 11.5 Å². The van der Waals surface area contributed by atoms with Gasteiger partial charge in [-0.3, -0.25) is 0 Å². The van der Waals surface area contributed by atoms with Gasteiger partial charge in [-0.15, -0.1) is 0 Å². The van der Waals surface area contributed by atoms with Crippen molar-refractivity contribution >= 4 is 0 Å². The number of rotatable bonds is 3. The predicted octanol–water partition coefficient (Wildman–Crippen LogP) is 3.53. The van der Waals surface area contributed by atoms with Crippen LogP contribution in [0, 0.1) is 11.3 Å². The Hall–Kier alpha value is -0.300. The highest BCUT2D eigenvalue weighted by Gasteiger charge is 2.35. The van der Waals surface area contributed by atoms with Gasteiger partial charge in [0.2, 0.25) is 0 Å². The number of aliphatic hydroxyl groups is 1. The van der Waals surface area contributed by atoms with Crippen LogP contribution in [0.1, 0.15) is 52.9 Å². The van der Waals surface area contributed by atoms with Gasteiger partial charge in [-0.1, -0.05) is 45.3 Å². The van der Waals surface area contributed by atoms with Crippen molar-refractivity contribution in [3.05, 3.63) is 12.2 Å². The lowest BCUT2D eigenvalue weighted by Gasteiger charge is -2.38. The molecule has 0 amide bonds. The van der Waals surface area contributed by atoms with E-state index in [1.165, 1.54) is 32.1 Å².